The van der Waals surface area contributed by atoms with E-state index < -0.39 is 6.10 Å². The van der Waals surface area contributed by atoms with Gasteiger partial charge in [0.2, 0.25) is 5.89 Å². The summed E-state index contributed by atoms with van der Waals surface area (Å²) in [6.45, 7) is 4.40. The topological polar surface area (TPSA) is 77.7 Å². The average Bonchev–Trinajstić information content (AvgIpc) is 2.75. The summed E-state index contributed by atoms with van der Waals surface area (Å²) in [5, 5.41) is 3.75. The first-order valence-corrected chi connectivity index (χ1v) is 6.02. The maximum atomic E-state index is 12.0. The molecule has 2 saturated heterocycles. The molecule has 0 aliphatic carbocycles. The third-order valence-corrected chi connectivity index (χ3v) is 3.18. The highest BCUT2D eigenvalue weighted by molar-refractivity contribution is 5.82. The molecule has 0 aromatic carbocycles. The molecule has 0 spiro atoms. The highest BCUT2D eigenvalue weighted by Gasteiger charge is 2.39. The first-order valence-electron chi connectivity index (χ1n) is 6.02. The van der Waals surface area contributed by atoms with Crippen LogP contribution >= 0.6 is 0 Å². The smallest absolute Gasteiger partial charge is 0.254 e. The molecule has 0 saturated carbocycles. The summed E-state index contributed by atoms with van der Waals surface area (Å²) in [4.78, 5) is 17.9. The number of hydrogen-bond donors (Lipinski definition) is 0. The number of aryl methyl sites for hydroxylation is 1. The van der Waals surface area contributed by atoms with Gasteiger partial charge in [0.15, 0.2) is 11.9 Å². The van der Waals surface area contributed by atoms with Crippen molar-refractivity contribution < 1.29 is 18.8 Å². The van der Waals surface area contributed by atoms with Gasteiger partial charge in [0.05, 0.1) is 25.7 Å². The molecule has 3 heterocycles. The standard InChI is InChI=1S/C11H15N3O4/c1-7-12-10(18-13-7)8-4-14(5-8)11(15)9-6-16-2-3-17-9/h8-9H,2-6H2,1H3. The van der Waals surface area contributed by atoms with E-state index in [4.69, 9.17) is 14.0 Å². The number of hydrogen-bond acceptors (Lipinski definition) is 6. The Morgan fingerprint density at radius 2 is 2.22 bits per heavy atom. The largest absolute Gasteiger partial charge is 0.376 e. The predicted octanol–water partition coefficient (Wildman–Crippen LogP) is -0.281. The summed E-state index contributed by atoms with van der Waals surface area (Å²) in [6.07, 6.45) is -0.455. The van der Waals surface area contributed by atoms with Gasteiger partial charge in [-0.1, -0.05) is 5.16 Å². The second-order valence-corrected chi connectivity index (χ2v) is 4.55. The van der Waals surface area contributed by atoms with Gasteiger partial charge < -0.3 is 18.9 Å². The number of ether oxygens (including phenoxy) is 2. The summed E-state index contributed by atoms with van der Waals surface area (Å²) in [7, 11) is 0. The Hall–Kier alpha value is -1.47. The van der Waals surface area contributed by atoms with Crippen LogP contribution in [0.4, 0.5) is 0 Å². The Bertz CT molecular complexity index is 435. The van der Waals surface area contributed by atoms with Crippen LogP contribution in [0.25, 0.3) is 0 Å². The zero-order valence-electron chi connectivity index (χ0n) is 10.2. The molecule has 18 heavy (non-hydrogen) atoms. The summed E-state index contributed by atoms with van der Waals surface area (Å²) in [5.41, 5.74) is 0. The van der Waals surface area contributed by atoms with Gasteiger partial charge in [0.1, 0.15) is 0 Å². The third-order valence-electron chi connectivity index (χ3n) is 3.18. The van der Waals surface area contributed by atoms with E-state index in [1.165, 1.54) is 0 Å². The molecular formula is C11H15N3O4. The van der Waals surface area contributed by atoms with Crippen LogP contribution in [0.1, 0.15) is 17.6 Å². The molecule has 1 unspecified atom stereocenters. The molecule has 3 rings (SSSR count). The van der Waals surface area contributed by atoms with Crippen LogP contribution in [0.2, 0.25) is 0 Å². The van der Waals surface area contributed by atoms with E-state index in [-0.39, 0.29) is 11.8 Å². The second-order valence-electron chi connectivity index (χ2n) is 4.55. The minimum absolute atomic E-state index is 0.0119. The Morgan fingerprint density at radius 1 is 1.39 bits per heavy atom. The molecule has 7 heteroatoms. The van der Waals surface area contributed by atoms with Crippen LogP contribution in [0.3, 0.4) is 0 Å². The van der Waals surface area contributed by atoms with Crippen LogP contribution in [0, 0.1) is 6.92 Å². The minimum atomic E-state index is -0.455. The van der Waals surface area contributed by atoms with Crippen molar-refractivity contribution in [3.63, 3.8) is 0 Å². The first kappa shape index (κ1) is 11.6. The molecule has 1 atom stereocenters. The lowest BCUT2D eigenvalue weighted by Gasteiger charge is -2.39. The van der Waals surface area contributed by atoms with E-state index in [1.54, 1.807) is 11.8 Å². The molecule has 2 aliphatic heterocycles. The predicted molar refractivity (Wildman–Crippen MR) is 58.9 cm³/mol. The van der Waals surface area contributed by atoms with E-state index in [0.717, 1.165) is 0 Å². The maximum absolute atomic E-state index is 12.0. The van der Waals surface area contributed by atoms with Crippen LogP contribution in [-0.2, 0) is 14.3 Å². The number of carbonyl (C=O) groups is 1. The number of amides is 1. The molecule has 98 valence electrons. The van der Waals surface area contributed by atoms with Gasteiger partial charge in [0, 0.05) is 13.1 Å². The third kappa shape index (κ3) is 2.11. The van der Waals surface area contributed by atoms with Gasteiger partial charge in [-0.2, -0.15) is 4.98 Å². The highest BCUT2D eigenvalue weighted by atomic mass is 16.6. The fraction of sp³-hybridized carbons (Fsp3) is 0.727. The van der Waals surface area contributed by atoms with Crippen molar-refractivity contribution in [2.24, 2.45) is 0 Å². The van der Waals surface area contributed by atoms with Crippen molar-refractivity contribution in [1.82, 2.24) is 15.0 Å². The fourth-order valence-corrected chi connectivity index (χ4v) is 2.13. The van der Waals surface area contributed by atoms with Crippen molar-refractivity contribution in [2.75, 3.05) is 32.9 Å². The first-order chi connectivity index (χ1) is 8.74. The average molecular weight is 253 g/mol. The molecule has 0 radical (unpaired) electrons. The van der Waals surface area contributed by atoms with Crippen LogP contribution in [0.5, 0.6) is 0 Å². The van der Waals surface area contributed by atoms with Crippen molar-refractivity contribution in [3.8, 4) is 0 Å². The Balaban J connectivity index is 1.53. The van der Waals surface area contributed by atoms with Crippen LogP contribution in [0.15, 0.2) is 4.52 Å². The van der Waals surface area contributed by atoms with Crippen LogP contribution < -0.4 is 0 Å². The van der Waals surface area contributed by atoms with Gasteiger partial charge in [-0.15, -0.1) is 0 Å². The fourth-order valence-electron chi connectivity index (χ4n) is 2.13. The molecule has 1 aromatic heterocycles. The number of nitrogens with zero attached hydrogens (tertiary/aromatic N) is 3. The Kier molecular flexibility index (Phi) is 3.00. The van der Waals surface area contributed by atoms with Gasteiger partial charge in [0.25, 0.3) is 5.91 Å². The number of rotatable bonds is 2. The van der Waals surface area contributed by atoms with Gasteiger partial charge >= 0.3 is 0 Å². The van der Waals surface area contributed by atoms with Crippen molar-refractivity contribution in [2.45, 2.75) is 18.9 Å². The highest BCUT2D eigenvalue weighted by Crippen LogP contribution is 2.26. The van der Waals surface area contributed by atoms with Crippen molar-refractivity contribution in [3.05, 3.63) is 11.7 Å². The van der Waals surface area contributed by atoms with E-state index in [1.807, 2.05) is 0 Å². The Labute approximate surface area is 104 Å². The molecule has 1 amide bonds. The molecular weight excluding hydrogens is 238 g/mol. The lowest BCUT2D eigenvalue weighted by Crippen LogP contribution is -2.54. The summed E-state index contributed by atoms with van der Waals surface area (Å²) < 4.78 is 15.7. The molecule has 2 aliphatic rings. The van der Waals surface area contributed by atoms with E-state index in [2.05, 4.69) is 10.1 Å². The van der Waals surface area contributed by atoms with E-state index >= 15 is 0 Å². The van der Waals surface area contributed by atoms with E-state index in [9.17, 15) is 4.79 Å². The molecule has 0 bridgehead atoms. The Morgan fingerprint density at radius 3 is 2.83 bits per heavy atom. The van der Waals surface area contributed by atoms with E-state index in [0.29, 0.717) is 44.6 Å². The number of carbonyl (C=O) groups excluding carboxylic acids is 1. The summed E-state index contributed by atoms with van der Waals surface area (Å²) in [6, 6.07) is 0. The van der Waals surface area contributed by atoms with Gasteiger partial charge in [-0.3, -0.25) is 4.79 Å². The van der Waals surface area contributed by atoms with Gasteiger partial charge in [-0.05, 0) is 6.92 Å². The molecule has 7 nitrogen and oxygen atoms in total. The molecule has 0 N–H and O–H groups in total. The summed E-state index contributed by atoms with van der Waals surface area (Å²) in [5.74, 6) is 1.37. The normalized spacial score (nSPS) is 24.9. The second kappa shape index (κ2) is 4.66. The van der Waals surface area contributed by atoms with Crippen molar-refractivity contribution in [1.29, 1.82) is 0 Å². The van der Waals surface area contributed by atoms with Gasteiger partial charge in [-0.25, -0.2) is 0 Å². The lowest BCUT2D eigenvalue weighted by molar-refractivity contribution is -0.162. The van der Waals surface area contributed by atoms with Crippen molar-refractivity contribution >= 4 is 5.91 Å². The maximum Gasteiger partial charge on any atom is 0.254 e. The molecule has 1 aromatic rings. The SMILES string of the molecule is Cc1noc(C2CN(C(=O)C3COCCO3)C2)n1. The zero-order chi connectivity index (χ0) is 12.5. The number of likely N-dealkylation sites (tertiary alicyclic amines) is 1. The lowest BCUT2D eigenvalue weighted by atomic mass is 9.99. The summed E-state index contributed by atoms with van der Waals surface area (Å²) >= 11 is 0. The number of aromatic nitrogens is 2. The monoisotopic (exact) mass is 253 g/mol. The minimum Gasteiger partial charge on any atom is -0.376 e. The zero-order valence-corrected chi connectivity index (χ0v) is 10.2. The quantitative estimate of drug-likeness (QED) is 0.721. The van der Waals surface area contributed by atoms with Crippen LogP contribution in [-0.4, -0.2) is 60.0 Å². The molecule has 2 fully saturated rings.